The van der Waals surface area contributed by atoms with Gasteiger partial charge in [-0.25, -0.2) is 0 Å². The van der Waals surface area contributed by atoms with Crippen molar-refractivity contribution in [2.45, 2.75) is 38.5 Å². The number of hydrogen-bond donors (Lipinski definition) is 0. The van der Waals surface area contributed by atoms with E-state index in [1.165, 1.54) is 6.42 Å². The standard InChI is InChI=1S/C26H30Cl2N2O3/c27-21-7-5-20(6-8-21)25(32)30-16-4-13-26(18-30,17-24(31)29-14-2-1-3-15-29)19-33-23-11-9-22(28)10-12-23/h5-12H,1-4,13-19H2/t26-/m1/s1. The minimum absolute atomic E-state index is 0.0346. The number of nitrogens with zero attached hydrogens (tertiary/aromatic N) is 2. The first-order valence-electron chi connectivity index (χ1n) is 11.7. The number of likely N-dealkylation sites (tertiary alicyclic amines) is 2. The Bertz CT molecular complexity index is 959. The topological polar surface area (TPSA) is 49.9 Å². The number of carbonyl (C=O) groups excluding carboxylic acids is 2. The van der Waals surface area contributed by atoms with E-state index in [9.17, 15) is 9.59 Å². The van der Waals surface area contributed by atoms with Gasteiger partial charge in [-0.2, -0.15) is 0 Å². The van der Waals surface area contributed by atoms with Crippen molar-refractivity contribution in [1.29, 1.82) is 0 Å². The third-order valence-corrected chi connectivity index (χ3v) is 7.14. The quantitative estimate of drug-likeness (QED) is 0.523. The molecule has 2 aliphatic heterocycles. The fraction of sp³-hybridized carbons (Fsp3) is 0.462. The Hall–Kier alpha value is -2.24. The molecule has 4 rings (SSSR count). The average Bonchev–Trinajstić information content (AvgIpc) is 2.84. The highest BCUT2D eigenvalue weighted by molar-refractivity contribution is 6.30. The van der Waals surface area contributed by atoms with Crippen LogP contribution in [0.5, 0.6) is 5.75 Å². The van der Waals surface area contributed by atoms with Gasteiger partial charge in [-0.3, -0.25) is 9.59 Å². The molecule has 0 aromatic heterocycles. The van der Waals surface area contributed by atoms with Gasteiger partial charge in [-0.05, 0) is 80.6 Å². The lowest BCUT2D eigenvalue weighted by Gasteiger charge is -2.43. The molecule has 0 spiro atoms. The Morgan fingerprint density at radius 3 is 2.09 bits per heavy atom. The van der Waals surface area contributed by atoms with Gasteiger partial charge in [0, 0.05) is 53.6 Å². The molecule has 2 fully saturated rings. The molecular weight excluding hydrogens is 459 g/mol. The number of amides is 2. The summed E-state index contributed by atoms with van der Waals surface area (Å²) in [6.45, 7) is 3.17. The number of hydrogen-bond acceptors (Lipinski definition) is 3. The maximum atomic E-state index is 13.2. The van der Waals surface area contributed by atoms with Crippen LogP contribution in [0, 0.1) is 5.41 Å². The molecule has 1 atom stereocenters. The fourth-order valence-electron chi connectivity index (χ4n) is 4.81. The number of benzene rings is 2. The Kier molecular flexibility index (Phi) is 7.82. The summed E-state index contributed by atoms with van der Waals surface area (Å²) in [5.41, 5.74) is 0.172. The first-order chi connectivity index (χ1) is 15.9. The van der Waals surface area contributed by atoms with E-state index in [1.807, 2.05) is 21.9 Å². The summed E-state index contributed by atoms with van der Waals surface area (Å²) in [5.74, 6) is 0.841. The van der Waals surface area contributed by atoms with Crippen LogP contribution in [0.1, 0.15) is 48.9 Å². The molecule has 33 heavy (non-hydrogen) atoms. The van der Waals surface area contributed by atoms with Gasteiger partial charge in [-0.1, -0.05) is 23.2 Å². The number of piperidine rings is 2. The van der Waals surface area contributed by atoms with Crippen molar-refractivity contribution in [2.24, 2.45) is 5.41 Å². The van der Waals surface area contributed by atoms with E-state index in [0.717, 1.165) is 38.8 Å². The van der Waals surface area contributed by atoms with Crippen molar-refractivity contribution < 1.29 is 14.3 Å². The highest BCUT2D eigenvalue weighted by Gasteiger charge is 2.41. The van der Waals surface area contributed by atoms with Crippen molar-refractivity contribution in [2.75, 3.05) is 32.8 Å². The summed E-state index contributed by atoms with van der Waals surface area (Å²) in [6.07, 6.45) is 5.34. The number of carbonyl (C=O) groups is 2. The summed E-state index contributed by atoms with van der Waals surface area (Å²) >= 11 is 12.0. The number of halogens is 2. The Morgan fingerprint density at radius 2 is 1.42 bits per heavy atom. The monoisotopic (exact) mass is 488 g/mol. The van der Waals surface area contributed by atoms with E-state index in [0.29, 0.717) is 47.5 Å². The lowest BCUT2D eigenvalue weighted by atomic mass is 9.77. The largest absolute Gasteiger partial charge is 0.493 e. The van der Waals surface area contributed by atoms with Crippen LogP contribution < -0.4 is 4.74 Å². The molecule has 2 amide bonds. The van der Waals surface area contributed by atoms with Gasteiger partial charge in [0.15, 0.2) is 0 Å². The molecule has 2 aromatic rings. The van der Waals surface area contributed by atoms with Crippen molar-refractivity contribution in [3.63, 3.8) is 0 Å². The summed E-state index contributed by atoms with van der Waals surface area (Å²) < 4.78 is 6.16. The first-order valence-corrected chi connectivity index (χ1v) is 12.4. The Labute approximate surface area is 205 Å². The fourth-order valence-corrected chi connectivity index (χ4v) is 5.06. The molecule has 0 unspecified atom stereocenters. The van der Waals surface area contributed by atoms with Gasteiger partial charge in [0.05, 0.1) is 6.61 Å². The molecule has 7 heteroatoms. The molecule has 5 nitrogen and oxygen atoms in total. The molecule has 0 saturated carbocycles. The molecule has 2 saturated heterocycles. The zero-order valence-corrected chi connectivity index (χ0v) is 20.3. The number of rotatable bonds is 6. The predicted molar refractivity (Wildman–Crippen MR) is 131 cm³/mol. The zero-order valence-electron chi connectivity index (χ0n) is 18.8. The SMILES string of the molecule is O=C(C[C@]1(COc2ccc(Cl)cc2)CCCN(C(=O)c2ccc(Cl)cc2)C1)N1CCCCC1. The molecule has 0 bridgehead atoms. The van der Waals surface area contributed by atoms with Crippen molar-refractivity contribution >= 4 is 35.0 Å². The van der Waals surface area contributed by atoms with E-state index in [1.54, 1.807) is 36.4 Å². The smallest absolute Gasteiger partial charge is 0.253 e. The van der Waals surface area contributed by atoms with E-state index < -0.39 is 5.41 Å². The Balaban J connectivity index is 1.52. The summed E-state index contributed by atoms with van der Waals surface area (Å²) in [5, 5.41) is 1.25. The van der Waals surface area contributed by atoms with Gasteiger partial charge < -0.3 is 14.5 Å². The molecular formula is C26H30Cl2N2O3. The minimum atomic E-state index is -0.436. The van der Waals surface area contributed by atoms with Gasteiger partial charge in [0.2, 0.25) is 5.91 Å². The predicted octanol–water partition coefficient (Wildman–Crippen LogP) is 5.70. The molecule has 2 aliphatic rings. The van der Waals surface area contributed by atoms with Crippen LogP contribution in [0.4, 0.5) is 0 Å². The van der Waals surface area contributed by atoms with E-state index >= 15 is 0 Å². The minimum Gasteiger partial charge on any atom is -0.493 e. The maximum Gasteiger partial charge on any atom is 0.253 e. The molecule has 0 radical (unpaired) electrons. The molecule has 2 aromatic carbocycles. The lowest BCUT2D eigenvalue weighted by molar-refractivity contribution is -0.136. The van der Waals surface area contributed by atoms with Gasteiger partial charge >= 0.3 is 0 Å². The zero-order chi connectivity index (χ0) is 23.3. The summed E-state index contributed by atoms with van der Waals surface area (Å²) in [7, 11) is 0. The van der Waals surface area contributed by atoms with Crippen LogP contribution in [-0.2, 0) is 4.79 Å². The normalized spacial score (nSPS) is 21.0. The van der Waals surface area contributed by atoms with E-state index in [4.69, 9.17) is 27.9 Å². The highest BCUT2D eigenvalue weighted by atomic mass is 35.5. The van der Waals surface area contributed by atoms with E-state index in [2.05, 4.69) is 0 Å². The van der Waals surface area contributed by atoms with Crippen LogP contribution in [0.2, 0.25) is 10.0 Å². The highest BCUT2D eigenvalue weighted by Crippen LogP contribution is 2.36. The molecule has 2 heterocycles. The van der Waals surface area contributed by atoms with Crippen LogP contribution in [0.25, 0.3) is 0 Å². The molecule has 0 aliphatic carbocycles. The summed E-state index contributed by atoms with van der Waals surface area (Å²) in [4.78, 5) is 30.3. The van der Waals surface area contributed by atoms with Crippen LogP contribution in [0.3, 0.4) is 0 Å². The number of ether oxygens (including phenoxy) is 1. The van der Waals surface area contributed by atoms with Gasteiger partial charge in [0.1, 0.15) is 5.75 Å². The second kappa shape index (κ2) is 10.8. The first kappa shape index (κ1) is 23.9. The van der Waals surface area contributed by atoms with Gasteiger partial charge in [-0.15, -0.1) is 0 Å². The molecule has 0 N–H and O–H groups in total. The van der Waals surface area contributed by atoms with E-state index in [-0.39, 0.29) is 11.8 Å². The average molecular weight is 489 g/mol. The van der Waals surface area contributed by atoms with Crippen molar-refractivity contribution in [3.8, 4) is 5.75 Å². The Morgan fingerprint density at radius 1 is 0.818 bits per heavy atom. The molecule has 176 valence electrons. The van der Waals surface area contributed by atoms with Gasteiger partial charge in [0.25, 0.3) is 5.91 Å². The lowest BCUT2D eigenvalue weighted by Crippen LogP contribution is -2.51. The van der Waals surface area contributed by atoms with Crippen molar-refractivity contribution in [1.82, 2.24) is 9.80 Å². The third kappa shape index (κ3) is 6.21. The van der Waals surface area contributed by atoms with Crippen LogP contribution in [-0.4, -0.2) is 54.4 Å². The second-order valence-electron chi connectivity index (χ2n) is 9.20. The maximum absolute atomic E-state index is 13.2. The van der Waals surface area contributed by atoms with Crippen molar-refractivity contribution in [3.05, 3.63) is 64.1 Å². The third-order valence-electron chi connectivity index (χ3n) is 6.63. The van der Waals surface area contributed by atoms with Crippen LogP contribution >= 0.6 is 23.2 Å². The second-order valence-corrected chi connectivity index (χ2v) is 10.1. The van der Waals surface area contributed by atoms with Crippen LogP contribution in [0.15, 0.2) is 48.5 Å². The summed E-state index contributed by atoms with van der Waals surface area (Å²) in [6, 6.07) is 14.2.